The van der Waals surface area contributed by atoms with Crippen molar-refractivity contribution >= 4 is 22.6 Å². The molecule has 2 aromatic carbocycles. The number of alkyl halides is 3. The first-order valence-corrected chi connectivity index (χ1v) is 7.38. The van der Waals surface area contributed by atoms with E-state index in [2.05, 4.69) is 5.32 Å². The molecule has 5 nitrogen and oxygen atoms in total. The number of hydrogen-bond donors (Lipinski definition) is 1. The second-order valence-corrected chi connectivity index (χ2v) is 5.38. The number of nitrogens with one attached hydrogen (secondary N) is 1. The van der Waals surface area contributed by atoms with Gasteiger partial charge >= 0.3 is 11.8 Å². The van der Waals surface area contributed by atoms with Crippen LogP contribution in [0.15, 0.2) is 57.7 Å². The maximum atomic E-state index is 12.7. The molecular weight excluding hydrogens is 351 g/mol. The van der Waals surface area contributed by atoms with Crippen LogP contribution in [0.1, 0.15) is 15.9 Å². The van der Waals surface area contributed by atoms with Gasteiger partial charge in [0.2, 0.25) is 0 Å². The minimum Gasteiger partial charge on any atom is -0.497 e. The zero-order valence-electron chi connectivity index (χ0n) is 13.4. The summed E-state index contributed by atoms with van der Waals surface area (Å²) in [6.45, 7) is 0. The maximum absolute atomic E-state index is 12.7. The van der Waals surface area contributed by atoms with E-state index in [1.807, 2.05) is 0 Å². The number of fused-ring (bicyclic) bond motifs is 1. The Morgan fingerprint density at radius 3 is 2.58 bits per heavy atom. The molecule has 1 N–H and O–H groups in total. The lowest BCUT2D eigenvalue weighted by Gasteiger charge is -2.10. The Morgan fingerprint density at radius 1 is 1.12 bits per heavy atom. The number of carbonyl (C=O) groups excluding carboxylic acids is 1. The summed E-state index contributed by atoms with van der Waals surface area (Å²) >= 11 is 0. The van der Waals surface area contributed by atoms with Gasteiger partial charge in [-0.25, -0.2) is 4.79 Å². The molecule has 1 heterocycles. The van der Waals surface area contributed by atoms with E-state index in [9.17, 15) is 22.8 Å². The van der Waals surface area contributed by atoms with E-state index in [1.165, 1.54) is 25.3 Å². The van der Waals surface area contributed by atoms with Crippen LogP contribution in [0.25, 0.3) is 11.0 Å². The van der Waals surface area contributed by atoms with E-state index in [1.54, 1.807) is 12.1 Å². The minimum atomic E-state index is -4.54. The molecule has 0 fully saturated rings. The van der Waals surface area contributed by atoms with E-state index in [0.717, 1.165) is 18.2 Å². The monoisotopic (exact) mass is 363 g/mol. The Labute approximate surface area is 145 Å². The van der Waals surface area contributed by atoms with E-state index in [-0.39, 0.29) is 16.8 Å². The third kappa shape index (κ3) is 3.53. The number of carbonyl (C=O) groups is 1. The molecule has 3 rings (SSSR count). The summed E-state index contributed by atoms with van der Waals surface area (Å²) in [7, 11) is 1.45. The molecule has 0 saturated carbocycles. The highest BCUT2D eigenvalue weighted by Gasteiger charge is 2.30. The second kappa shape index (κ2) is 6.55. The first-order valence-electron chi connectivity index (χ1n) is 7.38. The predicted octanol–water partition coefficient (Wildman–Crippen LogP) is 4.07. The molecule has 0 spiro atoms. The Bertz CT molecular complexity index is 1040. The van der Waals surface area contributed by atoms with Crippen LogP contribution in [-0.4, -0.2) is 13.0 Å². The van der Waals surface area contributed by atoms with Gasteiger partial charge in [0.05, 0.1) is 12.7 Å². The molecule has 3 aromatic rings. The molecule has 0 saturated heterocycles. The summed E-state index contributed by atoms with van der Waals surface area (Å²) in [5.41, 5.74) is -1.99. The first kappa shape index (κ1) is 17.5. The summed E-state index contributed by atoms with van der Waals surface area (Å²) in [5, 5.41) is 2.75. The number of hydrogen-bond acceptors (Lipinski definition) is 4. The summed E-state index contributed by atoms with van der Waals surface area (Å²) in [6.07, 6.45) is -4.54. The Kier molecular flexibility index (Phi) is 4.41. The Hall–Kier alpha value is -3.29. The molecule has 1 aromatic heterocycles. The van der Waals surface area contributed by atoms with Crippen molar-refractivity contribution in [2.75, 3.05) is 12.4 Å². The Balaban J connectivity index is 1.93. The van der Waals surface area contributed by atoms with Crippen LogP contribution in [0.4, 0.5) is 18.9 Å². The van der Waals surface area contributed by atoms with Crippen molar-refractivity contribution in [2.45, 2.75) is 6.18 Å². The van der Waals surface area contributed by atoms with Gasteiger partial charge in [-0.15, -0.1) is 0 Å². The number of anilines is 1. The lowest BCUT2D eigenvalue weighted by Crippen LogP contribution is -2.21. The van der Waals surface area contributed by atoms with E-state index in [4.69, 9.17) is 9.15 Å². The van der Waals surface area contributed by atoms with E-state index < -0.39 is 23.3 Å². The normalized spacial score (nSPS) is 11.4. The van der Waals surface area contributed by atoms with Gasteiger partial charge in [0.15, 0.2) is 0 Å². The van der Waals surface area contributed by atoms with Crippen LogP contribution in [0.2, 0.25) is 0 Å². The number of rotatable bonds is 3. The molecule has 0 bridgehead atoms. The Morgan fingerprint density at radius 2 is 1.88 bits per heavy atom. The molecule has 8 heteroatoms. The van der Waals surface area contributed by atoms with Crippen molar-refractivity contribution in [3.63, 3.8) is 0 Å². The second-order valence-electron chi connectivity index (χ2n) is 5.38. The largest absolute Gasteiger partial charge is 0.497 e. The third-order valence-electron chi connectivity index (χ3n) is 3.64. The molecule has 0 radical (unpaired) electrons. The number of amides is 1. The fourth-order valence-corrected chi connectivity index (χ4v) is 2.35. The number of ether oxygens (including phenoxy) is 1. The molecule has 134 valence electrons. The van der Waals surface area contributed by atoms with Gasteiger partial charge in [-0.1, -0.05) is 6.07 Å². The van der Waals surface area contributed by atoms with Gasteiger partial charge in [0.25, 0.3) is 5.91 Å². The van der Waals surface area contributed by atoms with Gasteiger partial charge in [0, 0.05) is 17.1 Å². The van der Waals surface area contributed by atoms with Gasteiger partial charge in [-0.2, -0.15) is 13.2 Å². The van der Waals surface area contributed by atoms with Crippen LogP contribution >= 0.6 is 0 Å². The molecule has 0 unspecified atom stereocenters. The van der Waals surface area contributed by atoms with E-state index in [0.29, 0.717) is 11.1 Å². The van der Waals surface area contributed by atoms with Crippen LogP contribution < -0.4 is 15.7 Å². The minimum absolute atomic E-state index is 0.0842. The average molecular weight is 363 g/mol. The van der Waals surface area contributed by atoms with Crippen molar-refractivity contribution < 1.29 is 27.1 Å². The fraction of sp³-hybridized carbons (Fsp3) is 0.111. The maximum Gasteiger partial charge on any atom is 0.416 e. The molecular formula is C18H12F3NO4. The van der Waals surface area contributed by atoms with Gasteiger partial charge in [-0.3, -0.25) is 4.79 Å². The zero-order valence-corrected chi connectivity index (χ0v) is 13.4. The number of halogens is 3. The van der Waals surface area contributed by atoms with Crippen molar-refractivity contribution in [2.24, 2.45) is 0 Å². The summed E-state index contributed by atoms with van der Waals surface area (Å²) in [5.74, 6) is -0.391. The standard InChI is InChI=1S/C18H12F3NO4/c1-25-13-6-5-10-7-14(17(24)26-15(10)9-13)16(23)22-12-4-2-3-11(8-12)18(19,20)21/h2-9H,1H3,(H,22,23). The lowest BCUT2D eigenvalue weighted by atomic mass is 10.1. The molecule has 1 amide bonds. The molecule has 0 aliphatic rings. The predicted molar refractivity (Wildman–Crippen MR) is 88.4 cm³/mol. The quantitative estimate of drug-likeness (QED) is 0.712. The highest BCUT2D eigenvalue weighted by Crippen LogP contribution is 2.30. The molecule has 0 atom stereocenters. The first-order chi connectivity index (χ1) is 12.3. The summed E-state index contributed by atoms with van der Waals surface area (Å²) in [6, 6.07) is 10.1. The molecule has 26 heavy (non-hydrogen) atoms. The van der Waals surface area contributed by atoms with Crippen molar-refractivity contribution in [1.29, 1.82) is 0 Å². The summed E-state index contributed by atoms with van der Waals surface area (Å²) < 4.78 is 48.3. The van der Waals surface area contributed by atoms with Gasteiger partial charge in [-0.05, 0) is 36.4 Å². The summed E-state index contributed by atoms with van der Waals surface area (Å²) in [4.78, 5) is 24.3. The lowest BCUT2D eigenvalue weighted by molar-refractivity contribution is -0.137. The van der Waals surface area contributed by atoms with Crippen LogP contribution in [0, 0.1) is 0 Å². The van der Waals surface area contributed by atoms with Crippen molar-refractivity contribution in [3.05, 3.63) is 70.1 Å². The van der Waals surface area contributed by atoms with Crippen LogP contribution in [-0.2, 0) is 6.18 Å². The molecule has 0 aliphatic heterocycles. The zero-order chi connectivity index (χ0) is 18.9. The SMILES string of the molecule is COc1ccc2cc(C(=O)Nc3cccc(C(F)(F)F)c3)c(=O)oc2c1. The smallest absolute Gasteiger partial charge is 0.416 e. The van der Waals surface area contributed by atoms with E-state index >= 15 is 0 Å². The van der Waals surface area contributed by atoms with Crippen molar-refractivity contribution in [3.8, 4) is 5.75 Å². The number of methoxy groups -OCH3 is 1. The molecule has 0 aliphatic carbocycles. The van der Waals surface area contributed by atoms with Crippen molar-refractivity contribution in [1.82, 2.24) is 0 Å². The van der Waals surface area contributed by atoms with Crippen LogP contribution in [0.5, 0.6) is 5.75 Å². The topological polar surface area (TPSA) is 68.5 Å². The highest BCUT2D eigenvalue weighted by molar-refractivity contribution is 6.05. The third-order valence-corrected chi connectivity index (χ3v) is 3.64. The average Bonchev–Trinajstić information content (AvgIpc) is 2.60. The van der Waals surface area contributed by atoms with Gasteiger partial charge < -0.3 is 14.5 Å². The fourth-order valence-electron chi connectivity index (χ4n) is 2.35. The highest BCUT2D eigenvalue weighted by atomic mass is 19.4. The van der Waals surface area contributed by atoms with Crippen LogP contribution in [0.3, 0.4) is 0 Å². The number of benzene rings is 2. The van der Waals surface area contributed by atoms with Gasteiger partial charge in [0.1, 0.15) is 16.9 Å².